The molecule has 22 heavy (non-hydrogen) atoms. The summed E-state index contributed by atoms with van der Waals surface area (Å²) in [6, 6.07) is 0. The molecule has 2 heterocycles. The van der Waals surface area contributed by atoms with Gasteiger partial charge in [0.1, 0.15) is 9.90 Å². The van der Waals surface area contributed by atoms with Crippen LogP contribution in [0.1, 0.15) is 30.2 Å². The third kappa shape index (κ3) is 3.39. The topological polar surface area (TPSA) is 68.1 Å². The SMILES string of the molecule is Cc1nn(CC(C)C)c(C)c1S(=O)(=O)N(C)Cc1nccs1. The molecule has 0 fully saturated rings. The van der Waals surface area contributed by atoms with Crippen LogP contribution in [0.5, 0.6) is 0 Å². The summed E-state index contributed by atoms with van der Waals surface area (Å²) < 4.78 is 28.8. The molecule has 0 saturated carbocycles. The first-order valence-electron chi connectivity index (χ1n) is 7.12. The largest absolute Gasteiger partial charge is 0.268 e. The first kappa shape index (κ1) is 17.1. The summed E-state index contributed by atoms with van der Waals surface area (Å²) in [6.45, 7) is 8.70. The lowest BCUT2D eigenvalue weighted by Crippen LogP contribution is -2.27. The second-order valence-corrected chi connectivity index (χ2v) is 8.72. The molecule has 0 unspecified atom stereocenters. The summed E-state index contributed by atoms with van der Waals surface area (Å²) in [5.41, 5.74) is 1.24. The zero-order valence-electron chi connectivity index (χ0n) is 13.6. The molecule has 122 valence electrons. The number of sulfonamides is 1. The van der Waals surface area contributed by atoms with E-state index in [1.165, 1.54) is 15.6 Å². The van der Waals surface area contributed by atoms with Gasteiger partial charge in [0.15, 0.2) is 0 Å². The Morgan fingerprint density at radius 2 is 2.05 bits per heavy atom. The van der Waals surface area contributed by atoms with Gasteiger partial charge in [-0.3, -0.25) is 4.68 Å². The van der Waals surface area contributed by atoms with Crippen LogP contribution in [0.2, 0.25) is 0 Å². The van der Waals surface area contributed by atoms with Crippen molar-refractivity contribution in [2.45, 2.75) is 45.7 Å². The Balaban J connectivity index is 2.34. The molecule has 2 aromatic rings. The van der Waals surface area contributed by atoms with Crippen molar-refractivity contribution in [3.05, 3.63) is 28.0 Å². The van der Waals surface area contributed by atoms with Gasteiger partial charge in [-0.2, -0.15) is 9.40 Å². The van der Waals surface area contributed by atoms with Crippen molar-refractivity contribution < 1.29 is 8.42 Å². The highest BCUT2D eigenvalue weighted by molar-refractivity contribution is 7.89. The van der Waals surface area contributed by atoms with Crippen molar-refractivity contribution in [3.8, 4) is 0 Å². The molecule has 0 aliphatic heterocycles. The van der Waals surface area contributed by atoms with Crippen molar-refractivity contribution in [2.24, 2.45) is 5.92 Å². The van der Waals surface area contributed by atoms with E-state index >= 15 is 0 Å². The Labute approximate surface area is 135 Å². The van der Waals surface area contributed by atoms with Gasteiger partial charge in [0, 0.05) is 25.2 Å². The highest BCUT2D eigenvalue weighted by Gasteiger charge is 2.29. The molecule has 0 aliphatic rings. The van der Waals surface area contributed by atoms with Crippen molar-refractivity contribution in [2.75, 3.05) is 7.05 Å². The van der Waals surface area contributed by atoms with E-state index in [9.17, 15) is 8.42 Å². The van der Waals surface area contributed by atoms with Crippen LogP contribution in [0.25, 0.3) is 0 Å². The number of hydrogen-bond acceptors (Lipinski definition) is 5. The highest BCUT2D eigenvalue weighted by Crippen LogP contribution is 2.24. The standard InChI is InChI=1S/C14H22N4O2S2/c1-10(2)8-18-12(4)14(11(3)16-18)22(19,20)17(5)9-13-15-6-7-21-13/h6-7,10H,8-9H2,1-5H3. The predicted molar refractivity (Wildman–Crippen MR) is 87.3 cm³/mol. The van der Waals surface area contributed by atoms with Gasteiger partial charge in [-0.25, -0.2) is 13.4 Å². The molecule has 0 spiro atoms. The lowest BCUT2D eigenvalue weighted by atomic mass is 10.2. The van der Waals surface area contributed by atoms with Gasteiger partial charge in [0.25, 0.3) is 0 Å². The maximum Gasteiger partial charge on any atom is 0.246 e. The summed E-state index contributed by atoms with van der Waals surface area (Å²) in [6.07, 6.45) is 1.68. The first-order valence-corrected chi connectivity index (χ1v) is 9.44. The Morgan fingerprint density at radius 3 is 2.59 bits per heavy atom. The Bertz CT molecular complexity index is 733. The average Bonchev–Trinajstić information content (AvgIpc) is 2.98. The second-order valence-electron chi connectivity index (χ2n) is 5.76. The van der Waals surface area contributed by atoms with E-state index in [1.807, 2.05) is 12.3 Å². The minimum atomic E-state index is -3.57. The molecule has 8 heteroatoms. The number of rotatable bonds is 6. The Hall–Kier alpha value is -1.25. The fourth-order valence-corrected chi connectivity index (χ4v) is 4.59. The van der Waals surface area contributed by atoms with E-state index in [0.29, 0.717) is 28.7 Å². The fourth-order valence-electron chi connectivity index (χ4n) is 2.34. The normalized spacial score (nSPS) is 12.5. The molecule has 0 N–H and O–H groups in total. The van der Waals surface area contributed by atoms with Crippen LogP contribution in [0.3, 0.4) is 0 Å². The zero-order valence-corrected chi connectivity index (χ0v) is 15.2. The van der Waals surface area contributed by atoms with Crippen LogP contribution >= 0.6 is 11.3 Å². The molecule has 0 bridgehead atoms. The van der Waals surface area contributed by atoms with E-state index in [0.717, 1.165) is 5.01 Å². The molecular formula is C14H22N4O2S2. The van der Waals surface area contributed by atoms with Gasteiger partial charge in [0.05, 0.1) is 17.9 Å². The summed E-state index contributed by atoms with van der Waals surface area (Å²) in [7, 11) is -2.00. The van der Waals surface area contributed by atoms with Crippen molar-refractivity contribution in [3.63, 3.8) is 0 Å². The fraction of sp³-hybridized carbons (Fsp3) is 0.571. The zero-order chi connectivity index (χ0) is 16.5. The van der Waals surface area contributed by atoms with Crippen LogP contribution in [0, 0.1) is 19.8 Å². The molecule has 0 radical (unpaired) electrons. The lowest BCUT2D eigenvalue weighted by molar-refractivity contribution is 0.461. The van der Waals surface area contributed by atoms with Gasteiger partial charge in [0.2, 0.25) is 10.0 Å². The van der Waals surface area contributed by atoms with Gasteiger partial charge in [-0.15, -0.1) is 11.3 Å². The smallest absolute Gasteiger partial charge is 0.246 e. The first-order chi connectivity index (χ1) is 10.2. The van der Waals surface area contributed by atoms with Gasteiger partial charge in [-0.1, -0.05) is 13.8 Å². The minimum Gasteiger partial charge on any atom is -0.268 e. The highest BCUT2D eigenvalue weighted by atomic mass is 32.2. The number of thiazole rings is 1. The maximum absolute atomic E-state index is 12.8. The van der Waals surface area contributed by atoms with E-state index in [2.05, 4.69) is 23.9 Å². The Kier molecular flexibility index (Phi) is 5.03. The summed E-state index contributed by atoms with van der Waals surface area (Å²) >= 11 is 1.45. The van der Waals surface area contributed by atoms with Crippen LogP contribution in [-0.4, -0.2) is 34.5 Å². The molecule has 6 nitrogen and oxygen atoms in total. The molecule has 0 amide bonds. The van der Waals surface area contributed by atoms with Gasteiger partial charge < -0.3 is 0 Å². The van der Waals surface area contributed by atoms with Gasteiger partial charge in [-0.05, 0) is 19.8 Å². The number of nitrogens with zero attached hydrogens (tertiary/aromatic N) is 4. The number of hydrogen-bond donors (Lipinski definition) is 0. The van der Waals surface area contributed by atoms with Crippen molar-refractivity contribution in [1.82, 2.24) is 19.1 Å². The quantitative estimate of drug-likeness (QED) is 0.808. The molecule has 2 rings (SSSR count). The third-order valence-electron chi connectivity index (χ3n) is 3.36. The van der Waals surface area contributed by atoms with E-state index < -0.39 is 10.0 Å². The summed E-state index contributed by atoms with van der Waals surface area (Å²) in [5.74, 6) is 0.404. The number of aryl methyl sites for hydroxylation is 1. The monoisotopic (exact) mass is 342 g/mol. The maximum atomic E-state index is 12.8. The lowest BCUT2D eigenvalue weighted by Gasteiger charge is -2.16. The van der Waals surface area contributed by atoms with E-state index in [4.69, 9.17) is 0 Å². The van der Waals surface area contributed by atoms with Crippen LogP contribution < -0.4 is 0 Å². The van der Waals surface area contributed by atoms with Crippen molar-refractivity contribution in [1.29, 1.82) is 0 Å². The summed E-state index contributed by atoms with van der Waals surface area (Å²) in [4.78, 5) is 4.46. The molecule has 0 atom stereocenters. The molecule has 0 aliphatic carbocycles. The van der Waals surface area contributed by atoms with Gasteiger partial charge >= 0.3 is 0 Å². The molecule has 2 aromatic heterocycles. The van der Waals surface area contributed by atoms with Crippen LogP contribution in [0.4, 0.5) is 0 Å². The third-order valence-corrected chi connectivity index (χ3v) is 6.18. The molecule has 0 saturated heterocycles. The van der Waals surface area contributed by atoms with E-state index in [1.54, 1.807) is 24.9 Å². The molecular weight excluding hydrogens is 320 g/mol. The molecule has 0 aromatic carbocycles. The Morgan fingerprint density at radius 1 is 1.36 bits per heavy atom. The summed E-state index contributed by atoms with van der Waals surface area (Å²) in [5, 5.41) is 7.01. The number of aromatic nitrogens is 3. The van der Waals surface area contributed by atoms with Crippen LogP contribution in [0.15, 0.2) is 16.5 Å². The van der Waals surface area contributed by atoms with Crippen LogP contribution in [-0.2, 0) is 23.1 Å². The van der Waals surface area contributed by atoms with E-state index in [-0.39, 0.29) is 6.54 Å². The predicted octanol–water partition coefficient (Wildman–Crippen LogP) is 2.43. The average molecular weight is 342 g/mol. The van der Waals surface area contributed by atoms with Crippen molar-refractivity contribution >= 4 is 21.4 Å². The minimum absolute atomic E-state index is 0.272. The second kappa shape index (κ2) is 6.47.